The molecule has 0 bridgehead atoms. The zero-order valence-electron chi connectivity index (χ0n) is 15.8. The minimum absolute atomic E-state index is 0.0501. The van der Waals surface area contributed by atoms with Gasteiger partial charge < -0.3 is 14.4 Å². The van der Waals surface area contributed by atoms with Crippen LogP contribution >= 0.6 is 0 Å². The number of imidazole rings is 1. The Morgan fingerprint density at radius 3 is 2.56 bits per heavy atom. The standard InChI is InChI=1S/C21H26N4O2/c1-2-23-12-13-25-15-18(22-19(25)21(23)27)20(26)24-10-8-17(9-11-24)14-16-6-4-3-5-7-16/h3-7,15,17H,2,8-14H2,1H3. The molecule has 1 saturated heterocycles. The zero-order valence-corrected chi connectivity index (χ0v) is 15.8. The SMILES string of the molecule is CCN1CCn2cc(C(=O)N3CCC(Cc4ccccc4)CC3)nc2C1=O. The summed E-state index contributed by atoms with van der Waals surface area (Å²) < 4.78 is 1.82. The molecule has 1 aromatic carbocycles. The van der Waals surface area contributed by atoms with Gasteiger partial charge in [-0.3, -0.25) is 9.59 Å². The lowest BCUT2D eigenvalue weighted by atomic mass is 9.90. The monoisotopic (exact) mass is 366 g/mol. The predicted molar refractivity (Wildman–Crippen MR) is 103 cm³/mol. The van der Waals surface area contributed by atoms with Gasteiger partial charge in [0.2, 0.25) is 0 Å². The van der Waals surface area contributed by atoms with Crippen molar-refractivity contribution in [2.24, 2.45) is 5.92 Å². The van der Waals surface area contributed by atoms with Gasteiger partial charge >= 0.3 is 0 Å². The van der Waals surface area contributed by atoms with Crippen molar-refractivity contribution in [1.82, 2.24) is 19.4 Å². The fourth-order valence-corrected chi connectivity index (χ4v) is 4.08. The highest BCUT2D eigenvalue weighted by molar-refractivity contribution is 5.96. The van der Waals surface area contributed by atoms with Gasteiger partial charge in [-0.15, -0.1) is 0 Å². The normalized spacial score (nSPS) is 17.9. The van der Waals surface area contributed by atoms with Gasteiger partial charge in [0.15, 0.2) is 5.82 Å². The summed E-state index contributed by atoms with van der Waals surface area (Å²) in [5.74, 6) is 0.882. The number of piperidine rings is 1. The average molecular weight is 366 g/mol. The lowest BCUT2D eigenvalue weighted by Crippen LogP contribution is -2.40. The van der Waals surface area contributed by atoms with E-state index in [1.165, 1.54) is 5.56 Å². The van der Waals surface area contributed by atoms with Crippen molar-refractivity contribution >= 4 is 11.8 Å². The highest BCUT2D eigenvalue weighted by Crippen LogP contribution is 2.23. The summed E-state index contributed by atoms with van der Waals surface area (Å²) in [6.07, 6.45) is 4.84. The number of fused-ring (bicyclic) bond motifs is 1. The molecule has 27 heavy (non-hydrogen) atoms. The van der Waals surface area contributed by atoms with Crippen LogP contribution in [-0.2, 0) is 13.0 Å². The Hall–Kier alpha value is -2.63. The van der Waals surface area contributed by atoms with E-state index in [9.17, 15) is 9.59 Å². The molecular weight excluding hydrogens is 340 g/mol. The molecule has 2 aromatic rings. The van der Waals surface area contributed by atoms with E-state index in [1.54, 1.807) is 11.1 Å². The summed E-state index contributed by atoms with van der Waals surface area (Å²) in [6, 6.07) is 10.5. The Morgan fingerprint density at radius 1 is 1.11 bits per heavy atom. The van der Waals surface area contributed by atoms with E-state index in [2.05, 4.69) is 29.2 Å². The fraction of sp³-hybridized carbons (Fsp3) is 0.476. The molecule has 4 rings (SSSR count). The van der Waals surface area contributed by atoms with Gasteiger partial charge in [0.1, 0.15) is 5.69 Å². The van der Waals surface area contributed by atoms with Crippen molar-refractivity contribution in [3.8, 4) is 0 Å². The van der Waals surface area contributed by atoms with E-state index in [0.29, 0.717) is 37.1 Å². The second-order valence-electron chi connectivity index (χ2n) is 7.45. The van der Waals surface area contributed by atoms with Crippen molar-refractivity contribution in [3.63, 3.8) is 0 Å². The van der Waals surface area contributed by atoms with Gasteiger partial charge in [-0.25, -0.2) is 4.98 Å². The number of aromatic nitrogens is 2. The molecule has 0 unspecified atom stereocenters. The minimum atomic E-state index is -0.0793. The Bertz CT molecular complexity index is 822. The summed E-state index contributed by atoms with van der Waals surface area (Å²) in [6.45, 7) is 5.53. The lowest BCUT2D eigenvalue weighted by molar-refractivity contribution is 0.0685. The second-order valence-corrected chi connectivity index (χ2v) is 7.45. The minimum Gasteiger partial charge on any atom is -0.337 e. The van der Waals surface area contributed by atoms with Crippen LogP contribution in [0.4, 0.5) is 0 Å². The summed E-state index contributed by atoms with van der Waals surface area (Å²) in [5, 5.41) is 0. The topological polar surface area (TPSA) is 58.4 Å². The van der Waals surface area contributed by atoms with E-state index in [0.717, 1.165) is 32.4 Å². The van der Waals surface area contributed by atoms with Crippen LogP contribution in [0.25, 0.3) is 0 Å². The van der Waals surface area contributed by atoms with E-state index < -0.39 is 0 Å². The van der Waals surface area contributed by atoms with Gasteiger partial charge in [-0.1, -0.05) is 30.3 Å². The Kier molecular flexibility index (Phi) is 4.97. The number of hydrogen-bond donors (Lipinski definition) is 0. The van der Waals surface area contributed by atoms with E-state index in [-0.39, 0.29) is 11.8 Å². The number of amides is 2. The number of likely N-dealkylation sites (tertiary alicyclic amines) is 1. The highest BCUT2D eigenvalue weighted by atomic mass is 16.2. The van der Waals surface area contributed by atoms with E-state index >= 15 is 0 Å². The van der Waals surface area contributed by atoms with Gasteiger partial charge in [-0.05, 0) is 37.7 Å². The molecule has 0 spiro atoms. The zero-order chi connectivity index (χ0) is 18.8. The number of carbonyl (C=O) groups excluding carboxylic acids is 2. The van der Waals surface area contributed by atoms with Crippen LogP contribution in [0.5, 0.6) is 0 Å². The lowest BCUT2D eigenvalue weighted by Gasteiger charge is -2.31. The van der Waals surface area contributed by atoms with Crippen LogP contribution in [0.2, 0.25) is 0 Å². The summed E-state index contributed by atoms with van der Waals surface area (Å²) >= 11 is 0. The number of likely N-dealkylation sites (N-methyl/N-ethyl adjacent to an activating group) is 1. The summed E-state index contributed by atoms with van der Waals surface area (Å²) in [7, 11) is 0. The van der Waals surface area contributed by atoms with Crippen LogP contribution < -0.4 is 0 Å². The molecule has 3 heterocycles. The molecule has 1 aromatic heterocycles. The number of nitrogens with zero attached hydrogens (tertiary/aromatic N) is 4. The maximum absolute atomic E-state index is 12.9. The summed E-state index contributed by atoms with van der Waals surface area (Å²) in [4.78, 5) is 33.3. The number of carbonyl (C=O) groups is 2. The molecular formula is C21H26N4O2. The Balaban J connectivity index is 1.38. The second kappa shape index (κ2) is 7.55. The number of benzene rings is 1. The molecule has 2 aliphatic rings. The average Bonchev–Trinajstić information content (AvgIpc) is 3.14. The van der Waals surface area contributed by atoms with Crippen LogP contribution in [0.3, 0.4) is 0 Å². The van der Waals surface area contributed by atoms with Crippen molar-refractivity contribution in [2.75, 3.05) is 26.2 Å². The van der Waals surface area contributed by atoms with Gasteiger partial charge in [0.25, 0.3) is 11.8 Å². The highest BCUT2D eigenvalue weighted by Gasteiger charge is 2.30. The fourth-order valence-electron chi connectivity index (χ4n) is 4.08. The van der Waals surface area contributed by atoms with Gasteiger partial charge in [0.05, 0.1) is 0 Å². The van der Waals surface area contributed by atoms with Crippen molar-refractivity contribution in [3.05, 3.63) is 53.6 Å². The largest absolute Gasteiger partial charge is 0.337 e. The molecule has 2 amide bonds. The molecule has 0 N–H and O–H groups in total. The third-order valence-corrected chi connectivity index (χ3v) is 5.74. The maximum atomic E-state index is 12.9. The number of rotatable bonds is 4. The first-order valence-corrected chi connectivity index (χ1v) is 9.85. The molecule has 0 saturated carbocycles. The van der Waals surface area contributed by atoms with Crippen LogP contribution in [0, 0.1) is 5.92 Å². The quantitative estimate of drug-likeness (QED) is 0.835. The third kappa shape index (κ3) is 3.61. The smallest absolute Gasteiger partial charge is 0.289 e. The molecule has 0 atom stereocenters. The van der Waals surface area contributed by atoms with Gasteiger partial charge in [0, 0.05) is 38.9 Å². The maximum Gasteiger partial charge on any atom is 0.289 e. The molecule has 1 fully saturated rings. The Morgan fingerprint density at radius 2 is 1.85 bits per heavy atom. The summed E-state index contributed by atoms with van der Waals surface area (Å²) in [5.41, 5.74) is 1.76. The van der Waals surface area contributed by atoms with Crippen LogP contribution in [-0.4, -0.2) is 57.3 Å². The number of hydrogen-bond acceptors (Lipinski definition) is 3. The van der Waals surface area contributed by atoms with Crippen molar-refractivity contribution in [2.45, 2.75) is 32.7 Å². The third-order valence-electron chi connectivity index (χ3n) is 5.74. The van der Waals surface area contributed by atoms with Crippen molar-refractivity contribution < 1.29 is 9.59 Å². The molecule has 0 aliphatic carbocycles. The van der Waals surface area contributed by atoms with Crippen LogP contribution in [0.15, 0.2) is 36.5 Å². The first-order chi connectivity index (χ1) is 13.2. The van der Waals surface area contributed by atoms with Crippen molar-refractivity contribution in [1.29, 1.82) is 0 Å². The predicted octanol–water partition coefficient (Wildman–Crippen LogP) is 2.45. The first kappa shape index (κ1) is 17.8. The van der Waals surface area contributed by atoms with Crippen LogP contribution in [0.1, 0.15) is 46.4 Å². The van der Waals surface area contributed by atoms with E-state index in [1.807, 2.05) is 22.5 Å². The van der Waals surface area contributed by atoms with E-state index in [4.69, 9.17) is 0 Å². The molecule has 0 radical (unpaired) electrons. The first-order valence-electron chi connectivity index (χ1n) is 9.85. The molecule has 2 aliphatic heterocycles. The molecule has 6 nitrogen and oxygen atoms in total. The van der Waals surface area contributed by atoms with Gasteiger partial charge in [-0.2, -0.15) is 0 Å². The molecule has 6 heteroatoms. The molecule has 142 valence electrons. The Labute approximate surface area is 159 Å².